The van der Waals surface area contributed by atoms with Crippen molar-refractivity contribution in [1.29, 1.82) is 0 Å². The van der Waals surface area contributed by atoms with Gasteiger partial charge in [-0.1, -0.05) is 12.1 Å². The number of hydrogen-bond donors (Lipinski definition) is 2. The molecule has 2 aromatic carbocycles. The number of nitrogens with one attached hydrogen (secondary N) is 1. The lowest BCUT2D eigenvalue weighted by molar-refractivity contribution is 0.0663. The van der Waals surface area contributed by atoms with Crippen LogP contribution in [0, 0.1) is 5.82 Å². The minimum atomic E-state index is -0.624. The molecule has 1 aliphatic rings. The first kappa shape index (κ1) is 19.4. The summed E-state index contributed by atoms with van der Waals surface area (Å²) >= 11 is 0. The molecule has 0 amide bonds. The first-order valence-corrected chi connectivity index (χ1v) is 9.74. The van der Waals surface area contributed by atoms with Crippen molar-refractivity contribution in [2.45, 2.75) is 6.10 Å². The Bertz CT molecular complexity index is 1030. The van der Waals surface area contributed by atoms with Crippen LogP contribution in [0.3, 0.4) is 0 Å². The topological polar surface area (TPSA) is 68.8 Å². The lowest BCUT2D eigenvalue weighted by atomic mass is 10.2. The molecule has 2 heterocycles. The van der Waals surface area contributed by atoms with Crippen LogP contribution in [0.2, 0.25) is 0 Å². The number of benzene rings is 2. The second kappa shape index (κ2) is 8.63. The van der Waals surface area contributed by atoms with E-state index in [4.69, 9.17) is 4.74 Å². The van der Waals surface area contributed by atoms with Crippen LogP contribution in [-0.2, 0) is 0 Å². The van der Waals surface area contributed by atoms with E-state index in [2.05, 4.69) is 9.88 Å². The molecule has 3 aromatic rings. The fourth-order valence-corrected chi connectivity index (χ4v) is 3.64. The Hall–Kier alpha value is -2.90. The summed E-state index contributed by atoms with van der Waals surface area (Å²) in [6.45, 7) is 3.65. The van der Waals surface area contributed by atoms with E-state index in [0.717, 1.165) is 37.1 Å². The van der Waals surface area contributed by atoms with Crippen molar-refractivity contribution in [3.63, 3.8) is 0 Å². The summed E-state index contributed by atoms with van der Waals surface area (Å²) < 4.78 is 19.7. The van der Waals surface area contributed by atoms with E-state index in [9.17, 15) is 14.3 Å². The summed E-state index contributed by atoms with van der Waals surface area (Å²) in [5.41, 5.74) is 1.24. The van der Waals surface area contributed by atoms with E-state index in [0.29, 0.717) is 18.0 Å². The van der Waals surface area contributed by atoms with Crippen molar-refractivity contribution in [2.75, 3.05) is 44.2 Å². The van der Waals surface area contributed by atoms with Gasteiger partial charge in [0.05, 0.1) is 5.69 Å². The number of rotatable bonds is 6. The minimum Gasteiger partial charge on any atom is -0.491 e. The van der Waals surface area contributed by atoms with Crippen molar-refractivity contribution in [3.05, 3.63) is 70.8 Å². The third-order valence-electron chi connectivity index (χ3n) is 5.17. The Morgan fingerprint density at radius 3 is 2.66 bits per heavy atom. The highest BCUT2D eigenvalue weighted by Gasteiger charge is 2.21. The largest absolute Gasteiger partial charge is 0.491 e. The van der Waals surface area contributed by atoms with Crippen LogP contribution >= 0.6 is 0 Å². The summed E-state index contributed by atoms with van der Waals surface area (Å²) in [4.78, 5) is 18.3. The summed E-state index contributed by atoms with van der Waals surface area (Å²) in [7, 11) is 0. The first-order chi connectivity index (χ1) is 14.1. The van der Waals surface area contributed by atoms with Crippen LogP contribution in [0.4, 0.5) is 10.1 Å². The number of anilines is 1. The van der Waals surface area contributed by atoms with Crippen LogP contribution in [0.25, 0.3) is 10.9 Å². The Kier molecular flexibility index (Phi) is 5.78. The quantitative estimate of drug-likeness (QED) is 0.668. The van der Waals surface area contributed by atoms with E-state index in [1.54, 1.807) is 30.3 Å². The predicted octanol–water partition coefficient (Wildman–Crippen LogP) is 2.23. The molecule has 0 bridgehead atoms. The number of aliphatic hydroxyl groups excluding tert-OH is 1. The van der Waals surface area contributed by atoms with Gasteiger partial charge in [-0.15, -0.1) is 0 Å². The third kappa shape index (κ3) is 4.75. The van der Waals surface area contributed by atoms with Crippen molar-refractivity contribution in [1.82, 2.24) is 9.88 Å². The van der Waals surface area contributed by atoms with Gasteiger partial charge in [0.25, 0.3) is 0 Å². The number of piperazine rings is 1. The number of ether oxygens (including phenoxy) is 1. The normalized spacial score (nSPS) is 16.1. The van der Waals surface area contributed by atoms with Gasteiger partial charge in [0.2, 0.25) is 5.56 Å². The Morgan fingerprint density at radius 2 is 1.86 bits per heavy atom. The molecule has 1 fully saturated rings. The fourth-order valence-electron chi connectivity index (χ4n) is 3.64. The van der Waals surface area contributed by atoms with E-state index in [-0.39, 0.29) is 18.0 Å². The van der Waals surface area contributed by atoms with Gasteiger partial charge in [-0.05, 0) is 36.4 Å². The van der Waals surface area contributed by atoms with Crippen LogP contribution in [-0.4, -0.2) is 60.4 Å². The van der Waals surface area contributed by atoms with Crippen LogP contribution < -0.4 is 15.2 Å². The highest BCUT2D eigenvalue weighted by molar-refractivity contribution is 5.79. The molecular weight excluding hydrogens is 373 g/mol. The van der Waals surface area contributed by atoms with Crippen LogP contribution in [0.15, 0.2) is 59.4 Å². The SMILES string of the molecule is O=c1ccc2cc(OCC(O)CN3CCN(c4ccccc4F)CC3)ccc2[nH]1. The molecule has 6 nitrogen and oxygen atoms in total. The van der Waals surface area contributed by atoms with Gasteiger partial charge in [0, 0.05) is 49.7 Å². The number of nitrogens with zero attached hydrogens (tertiary/aromatic N) is 2. The van der Waals surface area contributed by atoms with Gasteiger partial charge in [0.1, 0.15) is 24.3 Å². The summed E-state index contributed by atoms with van der Waals surface area (Å²) in [6, 6.07) is 15.4. The zero-order valence-electron chi connectivity index (χ0n) is 16.1. The van der Waals surface area contributed by atoms with E-state index in [1.165, 1.54) is 12.1 Å². The van der Waals surface area contributed by atoms with E-state index < -0.39 is 6.10 Å². The number of fused-ring (bicyclic) bond motifs is 1. The molecule has 2 N–H and O–H groups in total. The summed E-state index contributed by atoms with van der Waals surface area (Å²) in [5.74, 6) is 0.446. The number of β-amino-alcohol motifs (C(OH)–C–C–N with tert-alkyl or cyclic N) is 1. The average molecular weight is 397 g/mol. The highest BCUT2D eigenvalue weighted by Crippen LogP contribution is 2.21. The number of halogens is 1. The average Bonchev–Trinajstić information content (AvgIpc) is 2.73. The molecule has 1 aliphatic heterocycles. The van der Waals surface area contributed by atoms with Crippen LogP contribution in [0.5, 0.6) is 5.75 Å². The number of aromatic amines is 1. The molecule has 1 atom stereocenters. The van der Waals surface area contributed by atoms with Gasteiger partial charge in [-0.3, -0.25) is 9.69 Å². The smallest absolute Gasteiger partial charge is 0.248 e. The third-order valence-corrected chi connectivity index (χ3v) is 5.17. The Balaban J connectivity index is 1.26. The molecule has 1 aromatic heterocycles. The fraction of sp³-hybridized carbons (Fsp3) is 0.318. The number of pyridine rings is 1. The number of aliphatic hydroxyl groups is 1. The first-order valence-electron chi connectivity index (χ1n) is 9.74. The highest BCUT2D eigenvalue weighted by atomic mass is 19.1. The van der Waals surface area contributed by atoms with Gasteiger partial charge < -0.3 is 19.7 Å². The van der Waals surface area contributed by atoms with E-state index in [1.807, 2.05) is 17.0 Å². The zero-order valence-corrected chi connectivity index (χ0v) is 16.1. The van der Waals surface area contributed by atoms with E-state index >= 15 is 0 Å². The molecule has 152 valence electrons. The van der Waals surface area contributed by atoms with Gasteiger partial charge >= 0.3 is 0 Å². The van der Waals surface area contributed by atoms with Gasteiger partial charge in [-0.2, -0.15) is 0 Å². The number of aromatic nitrogens is 1. The molecule has 29 heavy (non-hydrogen) atoms. The van der Waals surface area contributed by atoms with Gasteiger partial charge in [-0.25, -0.2) is 4.39 Å². The van der Waals surface area contributed by atoms with Crippen LogP contribution in [0.1, 0.15) is 0 Å². The maximum absolute atomic E-state index is 13.9. The lowest BCUT2D eigenvalue weighted by Crippen LogP contribution is -2.49. The lowest BCUT2D eigenvalue weighted by Gasteiger charge is -2.36. The Labute approximate surface area is 168 Å². The zero-order chi connectivity index (χ0) is 20.2. The second-order valence-corrected chi connectivity index (χ2v) is 7.28. The monoisotopic (exact) mass is 397 g/mol. The van der Waals surface area contributed by atoms with Crippen molar-refractivity contribution in [3.8, 4) is 5.75 Å². The standard InChI is InChI=1S/C22H24FN3O3/c23-19-3-1-2-4-21(19)26-11-9-25(10-12-26)14-17(27)15-29-18-6-7-20-16(13-18)5-8-22(28)24-20/h1-8,13,17,27H,9-12,14-15H2,(H,24,28). The maximum atomic E-state index is 13.9. The molecular formula is C22H24FN3O3. The van der Waals surface area contributed by atoms with Crippen molar-refractivity contribution in [2.24, 2.45) is 0 Å². The molecule has 0 spiro atoms. The molecule has 1 saturated heterocycles. The predicted molar refractivity (Wildman–Crippen MR) is 111 cm³/mol. The maximum Gasteiger partial charge on any atom is 0.248 e. The number of hydrogen-bond acceptors (Lipinski definition) is 5. The molecule has 0 saturated carbocycles. The molecule has 0 aliphatic carbocycles. The number of H-pyrrole nitrogens is 1. The summed E-state index contributed by atoms with van der Waals surface area (Å²) in [6.07, 6.45) is -0.624. The minimum absolute atomic E-state index is 0.142. The second-order valence-electron chi connectivity index (χ2n) is 7.28. The number of para-hydroxylation sites is 1. The van der Waals surface area contributed by atoms with Crippen molar-refractivity contribution < 1.29 is 14.2 Å². The molecule has 4 rings (SSSR count). The summed E-state index contributed by atoms with van der Waals surface area (Å²) in [5, 5.41) is 11.2. The molecule has 1 unspecified atom stereocenters. The Morgan fingerprint density at radius 1 is 1.07 bits per heavy atom. The van der Waals surface area contributed by atoms with Gasteiger partial charge in [0.15, 0.2) is 0 Å². The van der Waals surface area contributed by atoms with Crippen molar-refractivity contribution >= 4 is 16.6 Å². The molecule has 0 radical (unpaired) electrons. The molecule has 7 heteroatoms.